The molecule has 0 aliphatic heterocycles. The Morgan fingerprint density at radius 1 is 0.443 bits per heavy atom. The van der Waals surface area contributed by atoms with Crippen LogP contribution < -0.4 is 4.90 Å². The first-order chi connectivity index (χ1) is 30.0. The van der Waals surface area contributed by atoms with E-state index in [1.165, 1.54) is 71.9 Å². The summed E-state index contributed by atoms with van der Waals surface area (Å²) in [4.78, 5) is 2.35. The third-order valence-electron chi connectivity index (χ3n) is 12.6. The third-order valence-corrected chi connectivity index (χ3v) is 12.6. The van der Waals surface area contributed by atoms with Crippen LogP contribution in [-0.2, 0) is 5.41 Å². The van der Waals surface area contributed by atoms with Crippen LogP contribution in [0.15, 0.2) is 218 Å². The molecule has 2 heteroatoms. The van der Waals surface area contributed by atoms with Gasteiger partial charge in [-0.3, -0.25) is 0 Å². The van der Waals surface area contributed by atoms with E-state index in [9.17, 15) is 0 Å². The van der Waals surface area contributed by atoms with Crippen LogP contribution in [0.2, 0.25) is 0 Å². The Hall–Kier alpha value is -7.68. The number of rotatable bonds is 8. The smallest absolute Gasteiger partial charge is 0.0619 e. The lowest BCUT2D eigenvalue weighted by Gasteiger charge is -2.27. The van der Waals surface area contributed by atoms with Gasteiger partial charge < -0.3 is 9.47 Å². The summed E-state index contributed by atoms with van der Waals surface area (Å²) >= 11 is 0. The van der Waals surface area contributed by atoms with E-state index < -0.39 is 0 Å². The monoisotopic (exact) mass is 780 g/mol. The van der Waals surface area contributed by atoms with E-state index in [0.717, 1.165) is 28.3 Å². The van der Waals surface area contributed by atoms with Crippen molar-refractivity contribution in [2.75, 3.05) is 4.90 Å². The number of fused-ring (bicyclic) bond motifs is 5. The average molecular weight is 781 g/mol. The predicted octanol–water partition coefficient (Wildman–Crippen LogP) is 16.1. The average Bonchev–Trinajstić information content (AvgIpc) is 3.77. The summed E-state index contributed by atoms with van der Waals surface area (Å²) in [6.45, 7) is 4.77. The van der Waals surface area contributed by atoms with E-state index in [-0.39, 0.29) is 5.41 Å². The molecule has 0 saturated carbocycles. The van der Waals surface area contributed by atoms with Crippen LogP contribution in [0.4, 0.5) is 17.1 Å². The summed E-state index contributed by atoms with van der Waals surface area (Å²) in [5, 5.41) is 3.71. The second-order valence-electron chi connectivity index (χ2n) is 16.6. The molecule has 1 aromatic heterocycles. The highest BCUT2D eigenvalue weighted by Gasteiger charge is 2.37. The molecule has 0 radical (unpaired) electrons. The summed E-state index contributed by atoms with van der Waals surface area (Å²) in [5.41, 5.74) is 18.2. The zero-order valence-electron chi connectivity index (χ0n) is 34.3. The quantitative estimate of drug-likeness (QED) is 0.139. The van der Waals surface area contributed by atoms with Gasteiger partial charge in [-0.05, 0) is 104 Å². The Kier molecular flexibility index (Phi) is 8.86. The van der Waals surface area contributed by atoms with Crippen LogP contribution in [0.3, 0.4) is 0 Å². The first kappa shape index (κ1) is 36.4. The van der Waals surface area contributed by atoms with E-state index >= 15 is 0 Å². The van der Waals surface area contributed by atoms with Crippen LogP contribution in [-0.4, -0.2) is 4.57 Å². The fourth-order valence-corrected chi connectivity index (χ4v) is 9.58. The van der Waals surface area contributed by atoms with E-state index in [1.54, 1.807) is 0 Å². The van der Waals surface area contributed by atoms with Gasteiger partial charge >= 0.3 is 0 Å². The van der Waals surface area contributed by atoms with Crippen LogP contribution in [0.1, 0.15) is 36.1 Å². The highest BCUT2D eigenvalue weighted by Crippen LogP contribution is 2.53. The number of aromatic nitrogens is 1. The zero-order valence-corrected chi connectivity index (χ0v) is 34.3. The molecule has 1 heterocycles. The standard InChI is InChI=1S/C59H44N2/c1-59(2)53-38-42(31-30-41-32-35-48(36-33-41)60(46-24-11-5-12-25-46)55-29-17-23-43-18-15-16-28-49(43)55)34-37-50(53)51-39-52-56(40-54(51)59)61(47-26-13-6-14-27-47)58(45-21-9-4-10-22-45)57(52)44-19-7-3-8-20-44/h3-40H,1-2H3/b31-30+. The van der Waals surface area contributed by atoms with Gasteiger partial charge in [0, 0.05) is 38.8 Å². The Balaban J connectivity index is 0.979. The lowest BCUT2D eigenvalue weighted by molar-refractivity contribution is 0.661. The topological polar surface area (TPSA) is 8.17 Å². The molecular formula is C59H44N2. The molecule has 11 rings (SSSR count). The van der Waals surface area contributed by atoms with Crippen molar-refractivity contribution in [2.45, 2.75) is 19.3 Å². The molecule has 0 amide bonds. The van der Waals surface area contributed by atoms with Crippen molar-refractivity contribution < 1.29 is 0 Å². The summed E-state index contributed by atoms with van der Waals surface area (Å²) in [6.07, 6.45) is 4.49. The molecule has 10 aromatic rings. The molecule has 0 bridgehead atoms. The molecule has 0 atom stereocenters. The highest BCUT2D eigenvalue weighted by atomic mass is 15.1. The number of hydrogen-bond acceptors (Lipinski definition) is 1. The molecular weight excluding hydrogens is 737 g/mol. The van der Waals surface area contributed by atoms with Gasteiger partial charge in [-0.1, -0.05) is 190 Å². The second kappa shape index (κ2) is 14.9. The molecule has 1 aliphatic carbocycles. The summed E-state index contributed by atoms with van der Waals surface area (Å²) in [5.74, 6) is 0. The minimum atomic E-state index is -0.196. The summed E-state index contributed by atoms with van der Waals surface area (Å²) in [6, 6.07) is 79.3. The molecule has 0 fully saturated rings. The fourth-order valence-electron chi connectivity index (χ4n) is 9.58. The van der Waals surface area contributed by atoms with Gasteiger partial charge in [0.2, 0.25) is 0 Å². The number of hydrogen-bond donors (Lipinski definition) is 0. The Morgan fingerprint density at radius 3 is 1.75 bits per heavy atom. The van der Waals surface area contributed by atoms with E-state index in [2.05, 4.69) is 254 Å². The number of anilines is 3. The molecule has 2 nitrogen and oxygen atoms in total. The van der Waals surface area contributed by atoms with Gasteiger partial charge in [0.05, 0.1) is 16.9 Å². The largest absolute Gasteiger partial charge is 0.310 e. The lowest BCUT2D eigenvalue weighted by Crippen LogP contribution is -2.15. The van der Waals surface area contributed by atoms with E-state index in [0.29, 0.717) is 0 Å². The van der Waals surface area contributed by atoms with Crippen molar-refractivity contribution in [3.63, 3.8) is 0 Å². The first-order valence-electron chi connectivity index (χ1n) is 21.2. The fraction of sp³-hybridized carbons (Fsp3) is 0.0508. The van der Waals surface area contributed by atoms with Crippen molar-refractivity contribution >= 4 is 50.9 Å². The van der Waals surface area contributed by atoms with E-state index in [4.69, 9.17) is 0 Å². The van der Waals surface area contributed by atoms with Gasteiger partial charge in [0.15, 0.2) is 0 Å². The number of benzene rings is 9. The first-order valence-corrected chi connectivity index (χ1v) is 21.2. The van der Waals surface area contributed by atoms with Gasteiger partial charge in [0.25, 0.3) is 0 Å². The molecule has 290 valence electrons. The second-order valence-corrected chi connectivity index (χ2v) is 16.6. The van der Waals surface area contributed by atoms with Gasteiger partial charge in [0.1, 0.15) is 0 Å². The molecule has 0 unspecified atom stereocenters. The number of nitrogens with zero attached hydrogens (tertiary/aromatic N) is 2. The molecule has 61 heavy (non-hydrogen) atoms. The Labute approximate surface area is 358 Å². The molecule has 1 aliphatic rings. The van der Waals surface area contributed by atoms with Crippen LogP contribution in [0, 0.1) is 0 Å². The van der Waals surface area contributed by atoms with Crippen molar-refractivity contribution in [1.82, 2.24) is 4.57 Å². The van der Waals surface area contributed by atoms with Crippen LogP contribution in [0.25, 0.3) is 73.0 Å². The van der Waals surface area contributed by atoms with Gasteiger partial charge in [-0.25, -0.2) is 0 Å². The lowest BCUT2D eigenvalue weighted by atomic mass is 9.81. The van der Waals surface area contributed by atoms with Crippen molar-refractivity contribution in [1.29, 1.82) is 0 Å². The van der Waals surface area contributed by atoms with Crippen molar-refractivity contribution in [3.05, 3.63) is 241 Å². The zero-order chi connectivity index (χ0) is 40.9. The van der Waals surface area contributed by atoms with Gasteiger partial charge in [-0.15, -0.1) is 0 Å². The third kappa shape index (κ3) is 6.27. The maximum absolute atomic E-state index is 2.48. The minimum Gasteiger partial charge on any atom is -0.310 e. The Bertz CT molecular complexity index is 3230. The highest BCUT2D eigenvalue weighted by molar-refractivity contribution is 6.08. The molecule has 0 N–H and O–H groups in total. The molecule has 0 saturated heterocycles. The van der Waals surface area contributed by atoms with Crippen molar-refractivity contribution in [2.24, 2.45) is 0 Å². The van der Waals surface area contributed by atoms with Gasteiger partial charge in [-0.2, -0.15) is 0 Å². The van der Waals surface area contributed by atoms with Crippen LogP contribution >= 0.6 is 0 Å². The number of para-hydroxylation sites is 2. The van der Waals surface area contributed by atoms with Crippen molar-refractivity contribution in [3.8, 4) is 39.2 Å². The SMILES string of the molecule is CC1(C)c2cc(/C=C/c3ccc(N(c4ccccc4)c4cccc5ccccc45)cc3)ccc2-c2cc3c(-c4ccccc4)c(-c4ccccc4)n(-c4ccccc4)c3cc21. The summed E-state index contributed by atoms with van der Waals surface area (Å²) in [7, 11) is 0. The normalized spacial score (nSPS) is 12.8. The predicted molar refractivity (Wildman–Crippen MR) is 259 cm³/mol. The Morgan fingerprint density at radius 2 is 1.02 bits per heavy atom. The molecule has 9 aromatic carbocycles. The summed E-state index contributed by atoms with van der Waals surface area (Å²) < 4.78 is 2.48. The van der Waals surface area contributed by atoms with Crippen LogP contribution in [0.5, 0.6) is 0 Å². The van der Waals surface area contributed by atoms with E-state index in [1.807, 2.05) is 0 Å². The minimum absolute atomic E-state index is 0.196. The maximum Gasteiger partial charge on any atom is 0.0619 e. The molecule has 0 spiro atoms. The maximum atomic E-state index is 2.48.